The third kappa shape index (κ3) is 4.64. The molecule has 1 aromatic rings. The van der Waals surface area contributed by atoms with Crippen LogP contribution < -0.4 is 4.74 Å². The molecule has 1 unspecified atom stereocenters. The molecule has 0 heterocycles. The first-order valence-electron chi connectivity index (χ1n) is 5.26. The van der Waals surface area contributed by atoms with Gasteiger partial charge in [0.05, 0.1) is 0 Å². The van der Waals surface area contributed by atoms with E-state index < -0.39 is 5.97 Å². The lowest BCUT2D eigenvalue weighted by atomic mass is 10.1. The Morgan fingerprint density at radius 1 is 1.44 bits per heavy atom. The summed E-state index contributed by atoms with van der Waals surface area (Å²) in [5, 5.41) is 8.62. The summed E-state index contributed by atoms with van der Waals surface area (Å²) in [6.45, 7) is 3.64. The highest BCUT2D eigenvalue weighted by Crippen LogP contribution is 2.15. The number of ether oxygens (including phenoxy) is 1. The van der Waals surface area contributed by atoms with Crippen LogP contribution in [0.3, 0.4) is 0 Å². The molecule has 0 aromatic heterocycles. The maximum Gasteiger partial charge on any atom is 0.303 e. The van der Waals surface area contributed by atoms with Crippen LogP contribution in [0.5, 0.6) is 5.75 Å². The number of aliphatic carboxylic acids is 1. The van der Waals surface area contributed by atoms with Gasteiger partial charge in [-0.05, 0) is 18.6 Å². The fourth-order valence-electron chi connectivity index (χ4n) is 1.39. The van der Waals surface area contributed by atoms with Gasteiger partial charge in [0.25, 0.3) is 0 Å². The Hall–Kier alpha value is -1.77. The molecule has 0 aliphatic carbocycles. The lowest BCUT2D eigenvalue weighted by Crippen LogP contribution is -2.17. The van der Waals surface area contributed by atoms with Crippen LogP contribution in [-0.2, 0) is 4.79 Å². The number of benzene rings is 1. The van der Waals surface area contributed by atoms with Gasteiger partial charge in [0.1, 0.15) is 11.9 Å². The molecule has 3 heteroatoms. The minimum atomic E-state index is -0.800. The van der Waals surface area contributed by atoms with Gasteiger partial charge in [0.2, 0.25) is 0 Å². The summed E-state index contributed by atoms with van der Waals surface area (Å²) in [5.41, 5.74) is 0. The zero-order valence-electron chi connectivity index (χ0n) is 9.13. The molecule has 1 N–H and O–H groups in total. The molecule has 0 saturated heterocycles. The average molecular weight is 220 g/mol. The first kappa shape index (κ1) is 12.3. The second kappa shape index (κ2) is 6.67. The second-order valence-corrected chi connectivity index (χ2v) is 3.51. The summed E-state index contributed by atoms with van der Waals surface area (Å²) in [5.74, 6) is -0.0366. The van der Waals surface area contributed by atoms with E-state index in [1.165, 1.54) is 0 Å². The largest absolute Gasteiger partial charge is 0.490 e. The normalized spacial score (nSPS) is 11.8. The number of para-hydroxylation sites is 1. The van der Waals surface area contributed by atoms with Crippen molar-refractivity contribution in [2.45, 2.75) is 25.4 Å². The van der Waals surface area contributed by atoms with Crippen molar-refractivity contribution in [1.82, 2.24) is 0 Å². The molecular formula is C13H16O3. The molecule has 1 atom stereocenters. The van der Waals surface area contributed by atoms with E-state index in [1.807, 2.05) is 30.3 Å². The molecule has 0 bridgehead atoms. The molecule has 0 saturated carbocycles. The van der Waals surface area contributed by atoms with Crippen molar-refractivity contribution in [3.8, 4) is 5.75 Å². The zero-order chi connectivity index (χ0) is 11.8. The molecule has 0 amide bonds. The Morgan fingerprint density at radius 3 is 2.69 bits per heavy atom. The monoisotopic (exact) mass is 220 g/mol. The van der Waals surface area contributed by atoms with Crippen LogP contribution >= 0.6 is 0 Å². The topological polar surface area (TPSA) is 46.5 Å². The summed E-state index contributed by atoms with van der Waals surface area (Å²) in [4.78, 5) is 10.5. The van der Waals surface area contributed by atoms with E-state index in [-0.39, 0.29) is 12.5 Å². The van der Waals surface area contributed by atoms with Crippen molar-refractivity contribution in [2.75, 3.05) is 0 Å². The van der Waals surface area contributed by atoms with Crippen molar-refractivity contribution in [3.63, 3.8) is 0 Å². The highest BCUT2D eigenvalue weighted by Gasteiger charge is 2.10. The minimum Gasteiger partial charge on any atom is -0.490 e. The number of carboxylic acids is 1. The second-order valence-electron chi connectivity index (χ2n) is 3.51. The van der Waals surface area contributed by atoms with Gasteiger partial charge < -0.3 is 9.84 Å². The Balaban J connectivity index is 2.50. The minimum absolute atomic E-state index is 0.115. The first-order chi connectivity index (χ1) is 7.72. The lowest BCUT2D eigenvalue weighted by Gasteiger charge is -2.16. The molecule has 1 aromatic carbocycles. The van der Waals surface area contributed by atoms with E-state index in [2.05, 4.69) is 6.58 Å². The number of rotatable bonds is 7. The first-order valence-corrected chi connectivity index (χ1v) is 5.26. The number of hydrogen-bond acceptors (Lipinski definition) is 2. The lowest BCUT2D eigenvalue weighted by molar-refractivity contribution is -0.137. The fraction of sp³-hybridized carbons (Fsp3) is 0.308. The van der Waals surface area contributed by atoms with Crippen LogP contribution in [-0.4, -0.2) is 17.2 Å². The molecule has 0 aliphatic rings. The highest BCUT2D eigenvalue weighted by atomic mass is 16.5. The van der Waals surface area contributed by atoms with Crippen LogP contribution in [0.25, 0.3) is 0 Å². The maximum absolute atomic E-state index is 10.5. The van der Waals surface area contributed by atoms with Crippen LogP contribution in [0.1, 0.15) is 19.3 Å². The average Bonchev–Trinajstić information content (AvgIpc) is 2.27. The summed E-state index contributed by atoms with van der Waals surface area (Å²) < 4.78 is 5.67. The highest BCUT2D eigenvalue weighted by molar-refractivity contribution is 5.66. The smallest absolute Gasteiger partial charge is 0.303 e. The molecule has 0 spiro atoms. The summed E-state index contributed by atoms with van der Waals surface area (Å²) in [6.07, 6.45) is 2.90. The van der Waals surface area contributed by atoms with Gasteiger partial charge in [-0.2, -0.15) is 0 Å². The van der Waals surface area contributed by atoms with Gasteiger partial charge in [-0.3, -0.25) is 4.79 Å². The van der Waals surface area contributed by atoms with E-state index in [4.69, 9.17) is 9.84 Å². The van der Waals surface area contributed by atoms with Gasteiger partial charge in [-0.15, -0.1) is 6.58 Å². The molecule has 0 fully saturated rings. The predicted octanol–water partition coefficient (Wildman–Crippen LogP) is 2.87. The van der Waals surface area contributed by atoms with Gasteiger partial charge in [-0.1, -0.05) is 24.3 Å². The summed E-state index contributed by atoms with van der Waals surface area (Å²) in [6, 6.07) is 9.40. The van der Waals surface area contributed by atoms with Gasteiger partial charge in [0.15, 0.2) is 0 Å². The van der Waals surface area contributed by atoms with Crippen molar-refractivity contribution in [3.05, 3.63) is 43.0 Å². The van der Waals surface area contributed by atoms with E-state index >= 15 is 0 Å². The van der Waals surface area contributed by atoms with Crippen LogP contribution in [0, 0.1) is 0 Å². The van der Waals surface area contributed by atoms with Crippen molar-refractivity contribution in [2.24, 2.45) is 0 Å². The predicted molar refractivity (Wildman–Crippen MR) is 62.5 cm³/mol. The SMILES string of the molecule is C=CCC(CCC(=O)O)Oc1ccccc1. The molecule has 1 rings (SSSR count). The van der Waals surface area contributed by atoms with Crippen LogP contribution in [0.4, 0.5) is 0 Å². The molecule has 0 aliphatic heterocycles. The van der Waals surface area contributed by atoms with E-state index in [9.17, 15) is 4.79 Å². The Labute approximate surface area is 95.4 Å². The third-order valence-electron chi connectivity index (χ3n) is 2.16. The quantitative estimate of drug-likeness (QED) is 0.719. The van der Waals surface area contributed by atoms with E-state index in [0.29, 0.717) is 12.8 Å². The molecule has 0 radical (unpaired) electrons. The van der Waals surface area contributed by atoms with Gasteiger partial charge in [0, 0.05) is 12.8 Å². The number of carbonyl (C=O) groups is 1. The Bertz CT molecular complexity index is 332. The van der Waals surface area contributed by atoms with Crippen molar-refractivity contribution in [1.29, 1.82) is 0 Å². The van der Waals surface area contributed by atoms with E-state index in [0.717, 1.165) is 5.75 Å². The summed E-state index contributed by atoms with van der Waals surface area (Å²) >= 11 is 0. The standard InChI is InChI=1S/C13H16O3/c1-2-6-11(9-10-13(14)15)16-12-7-4-3-5-8-12/h2-5,7-8,11H,1,6,9-10H2,(H,14,15). The Morgan fingerprint density at radius 2 is 2.12 bits per heavy atom. The Kier molecular flexibility index (Phi) is 5.12. The van der Waals surface area contributed by atoms with Crippen molar-refractivity contribution >= 4 is 5.97 Å². The number of carboxylic acid groups (broad SMARTS) is 1. The maximum atomic E-state index is 10.5. The molecule has 3 nitrogen and oxygen atoms in total. The van der Waals surface area contributed by atoms with Crippen LogP contribution in [0.2, 0.25) is 0 Å². The van der Waals surface area contributed by atoms with Gasteiger partial charge >= 0.3 is 5.97 Å². The van der Waals surface area contributed by atoms with Gasteiger partial charge in [-0.25, -0.2) is 0 Å². The van der Waals surface area contributed by atoms with Crippen molar-refractivity contribution < 1.29 is 14.6 Å². The molecule has 16 heavy (non-hydrogen) atoms. The van der Waals surface area contributed by atoms with Crippen LogP contribution in [0.15, 0.2) is 43.0 Å². The zero-order valence-corrected chi connectivity index (χ0v) is 9.13. The molecule has 86 valence electrons. The summed E-state index contributed by atoms with van der Waals surface area (Å²) in [7, 11) is 0. The number of hydrogen-bond donors (Lipinski definition) is 1. The molecular weight excluding hydrogens is 204 g/mol. The fourth-order valence-corrected chi connectivity index (χ4v) is 1.39. The van der Waals surface area contributed by atoms with E-state index in [1.54, 1.807) is 6.08 Å². The third-order valence-corrected chi connectivity index (χ3v) is 2.16.